The van der Waals surface area contributed by atoms with Gasteiger partial charge in [0.05, 0.1) is 11.0 Å². The third-order valence-corrected chi connectivity index (χ3v) is 2.32. The predicted molar refractivity (Wildman–Crippen MR) is 62.3 cm³/mol. The molecule has 0 spiro atoms. The van der Waals surface area contributed by atoms with Gasteiger partial charge in [0.1, 0.15) is 0 Å². The minimum Gasteiger partial charge on any atom is -0.392 e. The topological polar surface area (TPSA) is 58.4 Å². The van der Waals surface area contributed by atoms with E-state index in [0.717, 1.165) is 12.8 Å². The number of thiocarbonyl (C=S) groups is 1. The van der Waals surface area contributed by atoms with Crippen molar-refractivity contribution < 1.29 is 4.79 Å². The summed E-state index contributed by atoms with van der Waals surface area (Å²) in [6.07, 6.45) is 1.73. The lowest BCUT2D eigenvalue weighted by molar-refractivity contribution is 0.209. The van der Waals surface area contributed by atoms with Crippen molar-refractivity contribution >= 4 is 23.2 Å². The van der Waals surface area contributed by atoms with E-state index in [1.165, 1.54) is 0 Å². The fourth-order valence-corrected chi connectivity index (χ4v) is 1.15. The van der Waals surface area contributed by atoms with Crippen molar-refractivity contribution in [1.82, 2.24) is 10.2 Å². The van der Waals surface area contributed by atoms with Crippen LogP contribution < -0.4 is 11.1 Å². The lowest BCUT2D eigenvalue weighted by atomic mass is 10.2. The average molecular weight is 217 g/mol. The summed E-state index contributed by atoms with van der Waals surface area (Å²) >= 11 is 4.87. The standard InChI is InChI=1S/C9H19N3OS/c1-4-6-7(8(10)14)11-9(13)12(3)5-2/h7H,4-6H2,1-3H3,(H2,10,14)(H,11,13). The van der Waals surface area contributed by atoms with Crippen LogP contribution in [0.4, 0.5) is 4.79 Å². The molecule has 0 saturated heterocycles. The van der Waals surface area contributed by atoms with Crippen LogP contribution in [0.1, 0.15) is 26.7 Å². The number of rotatable bonds is 5. The first kappa shape index (κ1) is 13.2. The van der Waals surface area contributed by atoms with E-state index >= 15 is 0 Å². The monoisotopic (exact) mass is 217 g/mol. The van der Waals surface area contributed by atoms with Gasteiger partial charge in [-0.3, -0.25) is 0 Å². The highest BCUT2D eigenvalue weighted by Gasteiger charge is 2.15. The van der Waals surface area contributed by atoms with E-state index in [9.17, 15) is 4.79 Å². The van der Waals surface area contributed by atoms with Gasteiger partial charge in [-0.2, -0.15) is 0 Å². The zero-order valence-electron chi connectivity index (χ0n) is 9.04. The summed E-state index contributed by atoms with van der Waals surface area (Å²) in [7, 11) is 1.73. The molecule has 0 aliphatic heterocycles. The number of nitrogens with one attached hydrogen (secondary N) is 1. The molecule has 0 rings (SSSR count). The average Bonchev–Trinajstić information content (AvgIpc) is 2.15. The number of carbonyl (C=O) groups excluding carboxylic acids is 1. The summed E-state index contributed by atoms with van der Waals surface area (Å²) in [5, 5.41) is 2.79. The van der Waals surface area contributed by atoms with Gasteiger partial charge in [-0.15, -0.1) is 0 Å². The highest BCUT2D eigenvalue weighted by molar-refractivity contribution is 7.80. The fraction of sp³-hybridized carbons (Fsp3) is 0.778. The minimum absolute atomic E-state index is 0.126. The van der Waals surface area contributed by atoms with Crippen molar-refractivity contribution in [2.75, 3.05) is 13.6 Å². The summed E-state index contributed by atoms with van der Waals surface area (Å²) in [4.78, 5) is 13.4. The molecule has 3 N–H and O–H groups in total. The molecule has 0 aromatic carbocycles. The van der Waals surface area contributed by atoms with Crippen LogP contribution in [0.2, 0.25) is 0 Å². The Kier molecular flexibility index (Phi) is 6.19. The molecule has 0 saturated carbocycles. The predicted octanol–water partition coefficient (Wildman–Crippen LogP) is 1.10. The minimum atomic E-state index is -0.184. The number of amides is 2. The Morgan fingerprint density at radius 3 is 2.50 bits per heavy atom. The second-order valence-corrected chi connectivity index (χ2v) is 3.68. The molecular weight excluding hydrogens is 198 g/mol. The van der Waals surface area contributed by atoms with Crippen molar-refractivity contribution in [1.29, 1.82) is 0 Å². The largest absolute Gasteiger partial charge is 0.392 e. The van der Waals surface area contributed by atoms with Gasteiger partial charge in [-0.25, -0.2) is 4.79 Å². The Morgan fingerprint density at radius 2 is 2.14 bits per heavy atom. The van der Waals surface area contributed by atoms with Crippen molar-refractivity contribution in [3.8, 4) is 0 Å². The van der Waals surface area contributed by atoms with Gasteiger partial charge < -0.3 is 16.0 Å². The zero-order chi connectivity index (χ0) is 11.1. The highest BCUT2D eigenvalue weighted by atomic mass is 32.1. The van der Waals surface area contributed by atoms with E-state index in [2.05, 4.69) is 5.32 Å². The third kappa shape index (κ3) is 4.41. The van der Waals surface area contributed by atoms with Crippen LogP contribution >= 0.6 is 12.2 Å². The molecule has 0 heterocycles. The highest BCUT2D eigenvalue weighted by Crippen LogP contribution is 1.98. The molecular formula is C9H19N3OS. The lowest BCUT2D eigenvalue weighted by Crippen LogP contribution is -2.48. The molecule has 0 aromatic heterocycles. The second kappa shape index (κ2) is 6.59. The summed E-state index contributed by atoms with van der Waals surface area (Å²) < 4.78 is 0. The summed E-state index contributed by atoms with van der Waals surface area (Å²) in [6, 6.07) is -0.310. The molecule has 4 nitrogen and oxygen atoms in total. The first-order valence-electron chi connectivity index (χ1n) is 4.83. The molecule has 0 aromatic rings. The number of urea groups is 1. The molecule has 82 valence electrons. The molecule has 0 aliphatic carbocycles. The Hall–Kier alpha value is -0.840. The first-order chi connectivity index (χ1) is 6.52. The van der Waals surface area contributed by atoms with Gasteiger partial charge in [0.2, 0.25) is 0 Å². The van der Waals surface area contributed by atoms with Gasteiger partial charge >= 0.3 is 6.03 Å². The third-order valence-electron chi connectivity index (χ3n) is 2.04. The maximum absolute atomic E-state index is 11.5. The van der Waals surface area contributed by atoms with Crippen molar-refractivity contribution in [3.63, 3.8) is 0 Å². The van der Waals surface area contributed by atoms with Crippen LogP contribution in [0, 0.1) is 0 Å². The molecule has 0 fully saturated rings. The van der Waals surface area contributed by atoms with Crippen molar-refractivity contribution in [3.05, 3.63) is 0 Å². The Balaban J connectivity index is 4.15. The van der Waals surface area contributed by atoms with Gasteiger partial charge in [0, 0.05) is 13.6 Å². The maximum Gasteiger partial charge on any atom is 0.317 e. The molecule has 0 radical (unpaired) electrons. The van der Waals surface area contributed by atoms with E-state index in [1.807, 2.05) is 13.8 Å². The van der Waals surface area contributed by atoms with Gasteiger partial charge in [-0.05, 0) is 13.3 Å². The van der Waals surface area contributed by atoms with Gasteiger partial charge in [0.25, 0.3) is 0 Å². The number of carbonyl (C=O) groups is 1. The first-order valence-corrected chi connectivity index (χ1v) is 5.24. The van der Waals surface area contributed by atoms with Crippen molar-refractivity contribution in [2.45, 2.75) is 32.7 Å². The number of nitrogens with two attached hydrogens (primary N) is 1. The second-order valence-electron chi connectivity index (χ2n) is 3.21. The summed E-state index contributed by atoms with van der Waals surface area (Å²) in [5.41, 5.74) is 5.51. The smallest absolute Gasteiger partial charge is 0.317 e. The van der Waals surface area contributed by atoms with Crippen LogP contribution in [0.25, 0.3) is 0 Å². The quantitative estimate of drug-likeness (QED) is 0.678. The molecule has 0 bridgehead atoms. The molecule has 2 amide bonds. The number of hydrogen-bond donors (Lipinski definition) is 2. The van der Waals surface area contributed by atoms with Crippen LogP contribution in [0.3, 0.4) is 0 Å². The van der Waals surface area contributed by atoms with E-state index in [-0.39, 0.29) is 12.1 Å². The van der Waals surface area contributed by atoms with E-state index in [1.54, 1.807) is 11.9 Å². The number of hydrogen-bond acceptors (Lipinski definition) is 2. The fourth-order valence-electron chi connectivity index (χ4n) is 0.977. The van der Waals surface area contributed by atoms with Crippen LogP contribution in [-0.4, -0.2) is 35.6 Å². The summed E-state index contributed by atoms with van der Waals surface area (Å²) in [6.45, 7) is 4.61. The molecule has 14 heavy (non-hydrogen) atoms. The lowest BCUT2D eigenvalue weighted by Gasteiger charge is -2.21. The Labute approximate surface area is 90.8 Å². The van der Waals surface area contributed by atoms with Crippen molar-refractivity contribution in [2.24, 2.45) is 5.73 Å². The van der Waals surface area contributed by atoms with Crippen LogP contribution in [0.15, 0.2) is 0 Å². The van der Waals surface area contributed by atoms with E-state index in [4.69, 9.17) is 18.0 Å². The Bertz CT molecular complexity index is 208. The normalized spacial score (nSPS) is 11.9. The molecule has 1 atom stereocenters. The van der Waals surface area contributed by atoms with Gasteiger partial charge in [-0.1, -0.05) is 25.6 Å². The van der Waals surface area contributed by atoms with Crippen LogP contribution in [0.5, 0.6) is 0 Å². The van der Waals surface area contributed by atoms with E-state index in [0.29, 0.717) is 11.5 Å². The van der Waals surface area contributed by atoms with Crippen LogP contribution in [-0.2, 0) is 0 Å². The summed E-state index contributed by atoms with van der Waals surface area (Å²) in [5.74, 6) is 0. The molecule has 1 unspecified atom stereocenters. The molecule has 0 aliphatic rings. The number of nitrogens with zero attached hydrogens (tertiary/aromatic N) is 1. The Morgan fingerprint density at radius 1 is 1.57 bits per heavy atom. The van der Waals surface area contributed by atoms with E-state index < -0.39 is 0 Å². The molecule has 5 heteroatoms. The maximum atomic E-state index is 11.5. The van der Waals surface area contributed by atoms with Gasteiger partial charge in [0.15, 0.2) is 0 Å². The zero-order valence-corrected chi connectivity index (χ0v) is 9.86. The SMILES string of the molecule is CCCC(NC(=O)N(C)CC)C(N)=S.